The number of pyridine rings is 2. The van der Waals surface area contributed by atoms with Crippen molar-refractivity contribution in [3.63, 3.8) is 0 Å². The maximum Gasteiger partial charge on any atom is 0.155 e. The molecule has 2 N–H and O–H groups in total. The number of H-pyrrole nitrogens is 2. The highest BCUT2D eigenvalue weighted by molar-refractivity contribution is 6.06. The summed E-state index contributed by atoms with van der Waals surface area (Å²) in [6.45, 7) is 0. The van der Waals surface area contributed by atoms with Crippen LogP contribution in [0.25, 0.3) is 44.1 Å². The maximum atomic E-state index is 5.04. The topological polar surface area (TPSA) is 83.1 Å². The fourth-order valence-corrected chi connectivity index (χ4v) is 4.25. The maximum absolute atomic E-state index is 5.04. The molecule has 0 saturated heterocycles. The molecule has 0 bridgehead atoms. The van der Waals surface area contributed by atoms with Crippen LogP contribution in [0, 0.1) is 0 Å². The SMILES string of the molecule is c1cc2[nH]ncc2cc1-c1nc2cnc3[nH]ncc3c2c2c1CCCC2. The van der Waals surface area contributed by atoms with Crippen molar-refractivity contribution in [3.05, 3.63) is 47.9 Å². The van der Waals surface area contributed by atoms with Gasteiger partial charge in [0.2, 0.25) is 0 Å². The largest absolute Gasteiger partial charge is 0.278 e. The predicted molar refractivity (Wildman–Crippen MR) is 101 cm³/mol. The summed E-state index contributed by atoms with van der Waals surface area (Å²) in [7, 11) is 0. The molecule has 126 valence electrons. The Balaban J connectivity index is 1.71. The van der Waals surface area contributed by atoms with Crippen LogP contribution in [0.4, 0.5) is 0 Å². The Hall–Kier alpha value is -3.28. The lowest BCUT2D eigenvalue weighted by Gasteiger charge is -2.21. The van der Waals surface area contributed by atoms with Crippen molar-refractivity contribution >= 4 is 32.8 Å². The Morgan fingerprint density at radius 1 is 0.885 bits per heavy atom. The number of benzene rings is 1. The van der Waals surface area contributed by atoms with Gasteiger partial charge in [0.25, 0.3) is 0 Å². The molecule has 0 radical (unpaired) electrons. The lowest BCUT2D eigenvalue weighted by Crippen LogP contribution is -2.08. The van der Waals surface area contributed by atoms with Crippen molar-refractivity contribution < 1.29 is 0 Å². The number of aryl methyl sites for hydroxylation is 1. The Morgan fingerprint density at radius 2 is 1.77 bits per heavy atom. The minimum Gasteiger partial charge on any atom is -0.278 e. The molecule has 6 nitrogen and oxygen atoms in total. The number of hydrogen-bond acceptors (Lipinski definition) is 4. The first kappa shape index (κ1) is 13.9. The minimum atomic E-state index is 0.833. The molecule has 5 aromatic rings. The van der Waals surface area contributed by atoms with Crippen LogP contribution >= 0.6 is 0 Å². The lowest BCUT2D eigenvalue weighted by atomic mass is 9.86. The van der Waals surface area contributed by atoms with E-state index in [9.17, 15) is 0 Å². The van der Waals surface area contributed by atoms with Gasteiger partial charge < -0.3 is 0 Å². The molecule has 0 unspecified atom stereocenters. The van der Waals surface area contributed by atoms with Crippen molar-refractivity contribution in [2.24, 2.45) is 0 Å². The number of fused-ring (bicyclic) bond motifs is 6. The summed E-state index contributed by atoms with van der Waals surface area (Å²) in [5.41, 5.74) is 7.84. The first-order valence-electron chi connectivity index (χ1n) is 8.95. The van der Waals surface area contributed by atoms with Gasteiger partial charge in [0.15, 0.2) is 5.65 Å². The molecule has 6 heteroatoms. The molecule has 26 heavy (non-hydrogen) atoms. The number of aromatic amines is 2. The van der Waals surface area contributed by atoms with Crippen LogP contribution in [0.2, 0.25) is 0 Å². The molecule has 0 fully saturated rings. The monoisotopic (exact) mass is 340 g/mol. The number of rotatable bonds is 1. The average Bonchev–Trinajstić information content (AvgIpc) is 3.35. The molecule has 4 heterocycles. The van der Waals surface area contributed by atoms with Gasteiger partial charge in [0.1, 0.15) is 0 Å². The second-order valence-electron chi connectivity index (χ2n) is 6.95. The van der Waals surface area contributed by atoms with Gasteiger partial charge in [-0.15, -0.1) is 0 Å². The summed E-state index contributed by atoms with van der Waals surface area (Å²) in [4.78, 5) is 9.54. The normalized spacial score (nSPS) is 14.3. The number of aromatic nitrogens is 6. The van der Waals surface area contributed by atoms with E-state index < -0.39 is 0 Å². The van der Waals surface area contributed by atoms with Crippen molar-refractivity contribution in [1.82, 2.24) is 30.4 Å². The second-order valence-corrected chi connectivity index (χ2v) is 6.95. The van der Waals surface area contributed by atoms with Crippen LogP contribution < -0.4 is 0 Å². The lowest BCUT2D eigenvalue weighted by molar-refractivity contribution is 0.689. The van der Waals surface area contributed by atoms with E-state index in [4.69, 9.17) is 4.98 Å². The van der Waals surface area contributed by atoms with Gasteiger partial charge in [-0.1, -0.05) is 6.07 Å². The standard InChI is InChI=1S/C20H16N6/c1-2-4-14-13(3-1)18-15-9-23-26-20(15)21-10-17(18)24-19(14)11-5-6-16-12(7-11)8-22-25-16/h5-10H,1-4H2,(H,22,25)(H,21,23,26). The molecular formula is C20H16N6. The van der Waals surface area contributed by atoms with E-state index >= 15 is 0 Å². The number of hydrogen-bond donors (Lipinski definition) is 2. The third-order valence-corrected chi connectivity index (χ3v) is 5.46. The van der Waals surface area contributed by atoms with Crippen LogP contribution in [-0.4, -0.2) is 30.4 Å². The highest BCUT2D eigenvalue weighted by atomic mass is 15.1. The van der Waals surface area contributed by atoms with E-state index in [1.807, 2.05) is 18.6 Å². The third-order valence-electron chi connectivity index (χ3n) is 5.46. The van der Waals surface area contributed by atoms with Crippen LogP contribution in [0.1, 0.15) is 24.0 Å². The molecule has 0 saturated carbocycles. The zero-order valence-corrected chi connectivity index (χ0v) is 14.1. The van der Waals surface area contributed by atoms with E-state index in [-0.39, 0.29) is 0 Å². The van der Waals surface area contributed by atoms with Gasteiger partial charge in [-0.3, -0.25) is 10.2 Å². The average molecular weight is 340 g/mol. The van der Waals surface area contributed by atoms with Crippen LogP contribution in [-0.2, 0) is 12.8 Å². The van der Waals surface area contributed by atoms with Crippen molar-refractivity contribution in [3.8, 4) is 11.3 Å². The van der Waals surface area contributed by atoms with Gasteiger partial charge in [-0.05, 0) is 48.9 Å². The Kier molecular flexibility index (Phi) is 2.74. The second kappa shape index (κ2) is 5.11. The molecule has 0 atom stereocenters. The Bertz CT molecular complexity index is 1300. The highest BCUT2D eigenvalue weighted by Crippen LogP contribution is 2.37. The molecule has 4 aromatic heterocycles. The van der Waals surface area contributed by atoms with Gasteiger partial charge in [0, 0.05) is 21.7 Å². The fraction of sp³-hybridized carbons (Fsp3) is 0.200. The molecule has 1 aliphatic carbocycles. The van der Waals surface area contributed by atoms with E-state index in [0.717, 1.165) is 51.6 Å². The number of nitrogens with one attached hydrogen (secondary N) is 2. The third kappa shape index (κ3) is 1.87. The Morgan fingerprint density at radius 3 is 2.73 bits per heavy atom. The van der Waals surface area contributed by atoms with Crippen LogP contribution in [0.3, 0.4) is 0 Å². The highest BCUT2D eigenvalue weighted by Gasteiger charge is 2.21. The molecule has 0 amide bonds. The molecular weight excluding hydrogens is 324 g/mol. The summed E-state index contributed by atoms with van der Waals surface area (Å²) < 4.78 is 0. The molecule has 1 aromatic carbocycles. The molecule has 6 rings (SSSR count). The number of nitrogens with zero attached hydrogens (tertiary/aromatic N) is 4. The summed E-state index contributed by atoms with van der Waals surface area (Å²) in [6.07, 6.45) is 10.2. The van der Waals surface area contributed by atoms with Gasteiger partial charge in [-0.2, -0.15) is 10.2 Å². The summed E-state index contributed by atoms with van der Waals surface area (Å²) >= 11 is 0. The summed E-state index contributed by atoms with van der Waals surface area (Å²) in [5, 5.41) is 17.7. The summed E-state index contributed by atoms with van der Waals surface area (Å²) in [5.74, 6) is 0. The van der Waals surface area contributed by atoms with Crippen LogP contribution in [0.15, 0.2) is 36.8 Å². The van der Waals surface area contributed by atoms with Crippen molar-refractivity contribution in [2.45, 2.75) is 25.7 Å². The minimum absolute atomic E-state index is 0.833. The van der Waals surface area contributed by atoms with Gasteiger partial charge >= 0.3 is 0 Å². The van der Waals surface area contributed by atoms with E-state index in [1.165, 1.54) is 29.4 Å². The van der Waals surface area contributed by atoms with E-state index in [1.54, 1.807) is 0 Å². The van der Waals surface area contributed by atoms with E-state index in [0.29, 0.717) is 0 Å². The predicted octanol–water partition coefficient (Wildman–Crippen LogP) is 3.93. The Labute approximate surface area is 148 Å². The summed E-state index contributed by atoms with van der Waals surface area (Å²) in [6, 6.07) is 6.38. The zero-order valence-electron chi connectivity index (χ0n) is 14.1. The van der Waals surface area contributed by atoms with Crippen molar-refractivity contribution in [2.75, 3.05) is 0 Å². The van der Waals surface area contributed by atoms with Crippen LogP contribution in [0.5, 0.6) is 0 Å². The molecule has 1 aliphatic rings. The van der Waals surface area contributed by atoms with Crippen molar-refractivity contribution in [1.29, 1.82) is 0 Å². The van der Waals surface area contributed by atoms with E-state index in [2.05, 4.69) is 43.6 Å². The van der Waals surface area contributed by atoms with Gasteiger partial charge in [-0.25, -0.2) is 9.97 Å². The quantitative estimate of drug-likeness (QED) is 0.484. The molecule has 0 spiro atoms. The smallest absolute Gasteiger partial charge is 0.155 e. The first-order valence-corrected chi connectivity index (χ1v) is 8.95. The first-order chi connectivity index (χ1) is 12.9. The fourth-order valence-electron chi connectivity index (χ4n) is 4.25. The van der Waals surface area contributed by atoms with Gasteiger partial charge in [0.05, 0.1) is 35.3 Å². The zero-order chi connectivity index (χ0) is 17.1. The molecule has 0 aliphatic heterocycles.